The van der Waals surface area contributed by atoms with Crippen LogP contribution in [0.25, 0.3) is 11.5 Å². The van der Waals surface area contributed by atoms with Crippen LogP contribution in [0, 0.1) is 6.92 Å². The molecule has 0 aliphatic heterocycles. The number of hydrogen-bond donors (Lipinski definition) is 1. The third-order valence-corrected chi connectivity index (χ3v) is 1.80. The van der Waals surface area contributed by atoms with Crippen LogP contribution in [0.1, 0.15) is 5.69 Å². The summed E-state index contributed by atoms with van der Waals surface area (Å²) in [5.74, 6) is 1.26. The third kappa shape index (κ3) is 1.56. The number of methoxy groups -OCH3 is 1. The van der Waals surface area contributed by atoms with Gasteiger partial charge in [0.15, 0.2) is 5.82 Å². The van der Waals surface area contributed by atoms with Gasteiger partial charge in [0.2, 0.25) is 5.88 Å². The first-order valence-corrected chi connectivity index (χ1v) is 4.17. The van der Waals surface area contributed by atoms with Crippen LogP contribution < -0.4 is 4.74 Å². The number of imidazole rings is 1. The van der Waals surface area contributed by atoms with E-state index in [-0.39, 0.29) is 0 Å². The minimum Gasteiger partial charge on any atom is -0.481 e. The Morgan fingerprint density at radius 1 is 1.29 bits per heavy atom. The molecule has 0 saturated heterocycles. The Labute approximate surface area is 81.2 Å². The molecule has 14 heavy (non-hydrogen) atoms. The summed E-state index contributed by atoms with van der Waals surface area (Å²) in [7, 11) is 1.57. The molecule has 0 bridgehead atoms. The number of H-pyrrole nitrogens is 1. The fourth-order valence-corrected chi connectivity index (χ4v) is 1.12. The normalized spacial score (nSPS) is 10.1. The van der Waals surface area contributed by atoms with Gasteiger partial charge in [-0.3, -0.25) is 0 Å². The number of nitrogens with zero attached hydrogens (tertiary/aromatic N) is 3. The molecule has 0 aliphatic rings. The Hall–Kier alpha value is -1.91. The van der Waals surface area contributed by atoms with E-state index in [1.54, 1.807) is 19.4 Å². The van der Waals surface area contributed by atoms with Gasteiger partial charge in [0.25, 0.3) is 0 Å². The molecule has 0 fully saturated rings. The van der Waals surface area contributed by atoms with E-state index in [4.69, 9.17) is 4.74 Å². The van der Waals surface area contributed by atoms with E-state index in [2.05, 4.69) is 19.9 Å². The highest BCUT2D eigenvalue weighted by Crippen LogP contribution is 2.15. The number of hydrogen-bond acceptors (Lipinski definition) is 4. The predicted molar refractivity (Wildman–Crippen MR) is 50.9 cm³/mol. The molecule has 2 aromatic rings. The van der Waals surface area contributed by atoms with Crippen molar-refractivity contribution >= 4 is 0 Å². The van der Waals surface area contributed by atoms with Crippen molar-refractivity contribution in [2.24, 2.45) is 0 Å². The number of ether oxygens (including phenoxy) is 1. The van der Waals surface area contributed by atoms with Gasteiger partial charge >= 0.3 is 0 Å². The van der Waals surface area contributed by atoms with Crippen molar-refractivity contribution in [2.45, 2.75) is 6.92 Å². The van der Waals surface area contributed by atoms with Gasteiger partial charge in [-0.05, 0) is 6.92 Å². The summed E-state index contributed by atoms with van der Waals surface area (Å²) in [6, 6.07) is 1.73. The van der Waals surface area contributed by atoms with Gasteiger partial charge in [0, 0.05) is 18.0 Å². The maximum Gasteiger partial charge on any atom is 0.216 e. The Kier molecular flexibility index (Phi) is 2.14. The van der Waals surface area contributed by atoms with Crippen LogP contribution in [0.4, 0.5) is 0 Å². The summed E-state index contributed by atoms with van der Waals surface area (Å²) >= 11 is 0. The molecule has 72 valence electrons. The summed E-state index contributed by atoms with van der Waals surface area (Å²) in [4.78, 5) is 15.2. The van der Waals surface area contributed by atoms with Crippen molar-refractivity contribution in [3.8, 4) is 17.4 Å². The molecule has 1 N–H and O–H groups in total. The highest BCUT2D eigenvalue weighted by atomic mass is 16.5. The molecular weight excluding hydrogens is 180 g/mol. The van der Waals surface area contributed by atoms with Crippen LogP contribution in [0.3, 0.4) is 0 Å². The lowest BCUT2D eigenvalue weighted by atomic mass is 10.4. The van der Waals surface area contributed by atoms with E-state index < -0.39 is 0 Å². The van der Waals surface area contributed by atoms with Gasteiger partial charge in [-0.15, -0.1) is 0 Å². The quantitative estimate of drug-likeness (QED) is 0.772. The highest BCUT2D eigenvalue weighted by molar-refractivity contribution is 5.50. The summed E-state index contributed by atoms with van der Waals surface area (Å²) < 4.78 is 4.99. The molecule has 2 heterocycles. The van der Waals surface area contributed by atoms with Crippen molar-refractivity contribution in [1.29, 1.82) is 0 Å². The van der Waals surface area contributed by atoms with Crippen molar-refractivity contribution in [2.75, 3.05) is 7.11 Å². The lowest BCUT2D eigenvalue weighted by Crippen LogP contribution is -1.91. The third-order valence-electron chi connectivity index (χ3n) is 1.80. The average Bonchev–Trinajstić information content (AvgIpc) is 2.65. The minimum atomic E-state index is 0.532. The maximum atomic E-state index is 4.99. The monoisotopic (exact) mass is 190 g/mol. The predicted octanol–water partition coefficient (Wildman–Crippen LogP) is 1.18. The van der Waals surface area contributed by atoms with E-state index in [0.29, 0.717) is 5.88 Å². The van der Waals surface area contributed by atoms with Crippen LogP contribution in [-0.4, -0.2) is 27.0 Å². The van der Waals surface area contributed by atoms with Crippen LogP contribution in [0.15, 0.2) is 18.6 Å². The van der Waals surface area contributed by atoms with Gasteiger partial charge in [-0.1, -0.05) is 0 Å². The number of aromatic amines is 1. The van der Waals surface area contributed by atoms with Crippen molar-refractivity contribution < 1.29 is 4.74 Å². The van der Waals surface area contributed by atoms with Crippen LogP contribution >= 0.6 is 0 Å². The Balaban J connectivity index is 2.41. The lowest BCUT2D eigenvalue weighted by Gasteiger charge is -1.99. The summed E-state index contributed by atoms with van der Waals surface area (Å²) in [6.07, 6.45) is 3.20. The summed E-state index contributed by atoms with van der Waals surface area (Å²) in [5.41, 5.74) is 1.72. The van der Waals surface area contributed by atoms with Crippen molar-refractivity contribution in [1.82, 2.24) is 19.9 Å². The Bertz CT molecular complexity index is 438. The van der Waals surface area contributed by atoms with E-state index in [0.717, 1.165) is 17.2 Å². The van der Waals surface area contributed by atoms with E-state index in [1.807, 2.05) is 6.92 Å². The number of rotatable bonds is 2. The first kappa shape index (κ1) is 8.68. The zero-order valence-electron chi connectivity index (χ0n) is 7.98. The topological polar surface area (TPSA) is 63.7 Å². The lowest BCUT2D eigenvalue weighted by molar-refractivity contribution is 0.397. The van der Waals surface area contributed by atoms with Gasteiger partial charge in [-0.2, -0.15) is 0 Å². The molecule has 0 saturated carbocycles. The molecule has 5 heteroatoms. The second-order valence-corrected chi connectivity index (χ2v) is 2.86. The second-order valence-electron chi connectivity index (χ2n) is 2.86. The molecule has 5 nitrogen and oxygen atoms in total. The zero-order chi connectivity index (χ0) is 9.97. The molecule has 0 atom stereocenters. The first-order chi connectivity index (χ1) is 6.79. The summed E-state index contributed by atoms with van der Waals surface area (Å²) in [6.45, 7) is 1.94. The average molecular weight is 190 g/mol. The van der Waals surface area contributed by atoms with Crippen LogP contribution in [-0.2, 0) is 0 Å². The van der Waals surface area contributed by atoms with Gasteiger partial charge < -0.3 is 9.72 Å². The molecule has 0 radical (unpaired) electrons. The van der Waals surface area contributed by atoms with E-state index in [1.165, 1.54) is 6.33 Å². The van der Waals surface area contributed by atoms with Gasteiger partial charge in [-0.25, -0.2) is 15.0 Å². The first-order valence-electron chi connectivity index (χ1n) is 4.17. The second kappa shape index (κ2) is 3.45. The molecule has 0 aromatic carbocycles. The Morgan fingerprint density at radius 3 is 2.79 bits per heavy atom. The standard InChI is InChI=1S/C9H10N4O/c1-6-4-10-9(13-6)7-3-8(14-2)12-5-11-7/h3-5H,1-2H3,(H,10,13). The SMILES string of the molecule is COc1cc(-c2ncc(C)[nH]2)ncn1. The smallest absolute Gasteiger partial charge is 0.216 e. The van der Waals surface area contributed by atoms with Gasteiger partial charge in [0.1, 0.15) is 12.0 Å². The van der Waals surface area contributed by atoms with Crippen molar-refractivity contribution in [3.05, 3.63) is 24.3 Å². The highest BCUT2D eigenvalue weighted by Gasteiger charge is 2.04. The van der Waals surface area contributed by atoms with E-state index in [9.17, 15) is 0 Å². The van der Waals surface area contributed by atoms with Crippen molar-refractivity contribution in [3.63, 3.8) is 0 Å². The van der Waals surface area contributed by atoms with E-state index >= 15 is 0 Å². The largest absolute Gasteiger partial charge is 0.481 e. The maximum absolute atomic E-state index is 4.99. The minimum absolute atomic E-state index is 0.532. The number of aromatic nitrogens is 4. The zero-order valence-corrected chi connectivity index (χ0v) is 7.98. The molecule has 0 spiro atoms. The molecule has 2 aromatic heterocycles. The fourth-order valence-electron chi connectivity index (χ4n) is 1.12. The fraction of sp³-hybridized carbons (Fsp3) is 0.222. The van der Waals surface area contributed by atoms with Crippen LogP contribution in [0.2, 0.25) is 0 Å². The van der Waals surface area contributed by atoms with Crippen LogP contribution in [0.5, 0.6) is 5.88 Å². The summed E-state index contributed by atoms with van der Waals surface area (Å²) in [5, 5.41) is 0. The number of nitrogens with one attached hydrogen (secondary N) is 1. The Morgan fingerprint density at radius 2 is 2.14 bits per heavy atom. The molecule has 0 aliphatic carbocycles. The van der Waals surface area contributed by atoms with Gasteiger partial charge in [0.05, 0.1) is 7.11 Å². The number of aryl methyl sites for hydroxylation is 1. The molecule has 0 amide bonds. The molecular formula is C9H10N4O. The molecule has 2 rings (SSSR count). The molecule has 0 unspecified atom stereocenters.